The molecule has 0 heterocycles. The van der Waals surface area contributed by atoms with Crippen LogP contribution in [0, 0.1) is 0 Å². The third-order valence-corrected chi connectivity index (χ3v) is 2.36. The Kier molecular flexibility index (Phi) is 8.88. The van der Waals surface area contributed by atoms with Crippen molar-refractivity contribution in [2.24, 2.45) is 0 Å². The van der Waals surface area contributed by atoms with Crippen LogP contribution in [0.25, 0.3) is 5.53 Å². The highest BCUT2D eigenvalue weighted by Gasteiger charge is 2.27. The molecule has 0 aliphatic carbocycles. The molecular weight excluding hydrogens is 220 g/mol. The lowest BCUT2D eigenvalue weighted by molar-refractivity contribution is -0.142. The molecule has 0 bridgehead atoms. The van der Waals surface area contributed by atoms with Crippen molar-refractivity contribution >= 4 is 17.5 Å². The molecule has 0 radical (unpaired) electrons. The van der Waals surface area contributed by atoms with Gasteiger partial charge in [-0.05, 0) is 6.42 Å². The van der Waals surface area contributed by atoms with Gasteiger partial charge in [-0.25, -0.2) is 4.79 Å². The van der Waals surface area contributed by atoms with E-state index >= 15 is 0 Å². The number of ketones is 1. The number of hydrogen-bond donors (Lipinski definition) is 0. The molecule has 0 aromatic carbocycles. The van der Waals surface area contributed by atoms with Crippen LogP contribution in [0.5, 0.6) is 0 Å². The summed E-state index contributed by atoms with van der Waals surface area (Å²) in [6, 6.07) is 0. The summed E-state index contributed by atoms with van der Waals surface area (Å²) >= 11 is 0. The van der Waals surface area contributed by atoms with Gasteiger partial charge in [0.2, 0.25) is 5.78 Å². The summed E-state index contributed by atoms with van der Waals surface area (Å²) in [6.45, 7) is 3.57. The van der Waals surface area contributed by atoms with Crippen LogP contribution in [0.3, 0.4) is 0 Å². The minimum Gasteiger partial charge on any atom is -0.457 e. The molecule has 0 N–H and O–H groups in total. The molecule has 0 spiro atoms. The Morgan fingerprint density at radius 2 is 1.71 bits per heavy atom. The molecular formula is C12H20N2O3. The molecule has 0 aromatic rings. The second-order valence-corrected chi connectivity index (χ2v) is 3.91. The maximum atomic E-state index is 11.2. The summed E-state index contributed by atoms with van der Waals surface area (Å²) < 4.78 is 4.81. The van der Waals surface area contributed by atoms with E-state index in [0.29, 0.717) is 0 Å². The van der Waals surface area contributed by atoms with Crippen LogP contribution in [0.1, 0.15) is 52.4 Å². The normalized spacial score (nSPS) is 9.53. The molecule has 0 amide bonds. The highest BCUT2D eigenvalue weighted by atomic mass is 16.5. The maximum Gasteiger partial charge on any atom is 0.441 e. The molecule has 96 valence electrons. The summed E-state index contributed by atoms with van der Waals surface area (Å²) in [5.74, 6) is -1.45. The third kappa shape index (κ3) is 7.41. The minimum absolute atomic E-state index is 0.261. The lowest BCUT2D eigenvalue weighted by Gasteiger charge is -2.01. The number of ether oxygens (including phenoxy) is 1. The predicted octanol–water partition coefficient (Wildman–Crippen LogP) is 2.15. The predicted molar refractivity (Wildman–Crippen MR) is 63.6 cm³/mol. The minimum atomic E-state index is -0.853. The van der Waals surface area contributed by atoms with E-state index in [4.69, 9.17) is 10.3 Å². The van der Waals surface area contributed by atoms with E-state index in [1.54, 1.807) is 0 Å². The first-order chi connectivity index (χ1) is 8.13. The van der Waals surface area contributed by atoms with Crippen LogP contribution in [0.2, 0.25) is 0 Å². The molecule has 0 unspecified atom stereocenters. The standard InChI is InChI=1S/C12H20N2O3/c1-3-4-5-6-7-8-9-17-12(16)11(14-13)10(2)15/h3-9H2,1-2H3. The van der Waals surface area contributed by atoms with Gasteiger partial charge in [0.05, 0.1) is 6.61 Å². The molecule has 0 rings (SSSR count). The fourth-order valence-electron chi connectivity index (χ4n) is 1.37. The number of nitrogens with zero attached hydrogens (tertiary/aromatic N) is 2. The van der Waals surface area contributed by atoms with Crippen LogP contribution in [0.4, 0.5) is 0 Å². The van der Waals surface area contributed by atoms with Crippen molar-refractivity contribution in [2.45, 2.75) is 52.4 Å². The lowest BCUT2D eigenvalue weighted by atomic mass is 10.1. The van der Waals surface area contributed by atoms with Gasteiger partial charge >= 0.3 is 11.7 Å². The number of Topliss-reactive ketones (excluding diaryl/α,β-unsaturated/α-hetero) is 1. The summed E-state index contributed by atoms with van der Waals surface area (Å²) in [7, 11) is 0. The number of esters is 1. The van der Waals surface area contributed by atoms with E-state index in [0.717, 1.165) is 26.2 Å². The van der Waals surface area contributed by atoms with E-state index in [9.17, 15) is 9.59 Å². The average Bonchev–Trinajstić information content (AvgIpc) is 2.28. The van der Waals surface area contributed by atoms with Gasteiger partial charge in [-0.15, -0.1) is 0 Å². The van der Waals surface area contributed by atoms with Crippen molar-refractivity contribution in [3.63, 3.8) is 0 Å². The second kappa shape index (κ2) is 9.73. The fourth-order valence-corrected chi connectivity index (χ4v) is 1.37. The van der Waals surface area contributed by atoms with E-state index in [-0.39, 0.29) is 6.61 Å². The van der Waals surface area contributed by atoms with Crippen LogP contribution >= 0.6 is 0 Å². The Labute approximate surface area is 102 Å². The van der Waals surface area contributed by atoms with Gasteiger partial charge in [-0.1, -0.05) is 39.0 Å². The van der Waals surface area contributed by atoms with Gasteiger partial charge < -0.3 is 10.3 Å². The summed E-state index contributed by atoms with van der Waals surface area (Å²) in [5, 5.41) is 0. The maximum absolute atomic E-state index is 11.2. The SMILES string of the molecule is CCCCCCCCOC(=O)C(=[N+]=[N-])C(C)=O. The highest BCUT2D eigenvalue weighted by molar-refractivity contribution is 6.61. The average molecular weight is 240 g/mol. The lowest BCUT2D eigenvalue weighted by Crippen LogP contribution is -2.25. The number of unbranched alkanes of at least 4 members (excludes halogenated alkanes) is 5. The molecule has 0 aliphatic heterocycles. The highest BCUT2D eigenvalue weighted by Crippen LogP contribution is 2.04. The summed E-state index contributed by atoms with van der Waals surface area (Å²) in [5.41, 5.74) is 7.89. The zero-order valence-corrected chi connectivity index (χ0v) is 10.6. The Bertz CT molecular complexity index is 307. The third-order valence-electron chi connectivity index (χ3n) is 2.36. The van der Waals surface area contributed by atoms with E-state index in [1.165, 1.54) is 19.3 Å². The summed E-state index contributed by atoms with van der Waals surface area (Å²) in [4.78, 5) is 24.7. The molecule has 5 nitrogen and oxygen atoms in total. The van der Waals surface area contributed by atoms with Gasteiger partial charge in [-0.3, -0.25) is 4.79 Å². The van der Waals surface area contributed by atoms with Crippen molar-refractivity contribution in [2.75, 3.05) is 6.61 Å². The molecule has 0 aromatic heterocycles. The summed E-state index contributed by atoms with van der Waals surface area (Å²) in [6.07, 6.45) is 6.51. The van der Waals surface area contributed by atoms with E-state index in [1.807, 2.05) is 0 Å². The first-order valence-electron chi connectivity index (χ1n) is 6.03. The Balaban J connectivity index is 3.65. The van der Waals surface area contributed by atoms with Crippen molar-refractivity contribution in [1.82, 2.24) is 0 Å². The Hall–Kier alpha value is -1.48. The number of hydrogen-bond acceptors (Lipinski definition) is 3. The van der Waals surface area contributed by atoms with Crippen molar-refractivity contribution in [1.29, 1.82) is 0 Å². The number of rotatable bonds is 9. The molecule has 0 fully saturated rings. The smallest absolute Gasteiger partial charge is 0.441 e. The van der Waals surface area contributed by atoms with E-state index < -0.39 is 17.5 Å². The zero-order chi connectivity index (χ0) is 13.1. The van der Waals surface area contributed by atoms with Gasteiger partial charge in [0.25, 0.3) is 0 Å². The quantitative estimate of drug-likeness (QED) is 0.155. The first-order valence-corrected chi connectivity index (χ1v) is 6.03. The molecule has 0 saturated heterocycles. The Morgan fingerprint density at radius 3 is 2.24 bits per heavy atom. The monoisotopic (exact) mass is 240 g/mol. The van der Waals surface area contributed by atoms with Crippen LogP contribution in [0.15, 0.2) is 0 Å². The van der Waals surface area contributed by atoms with Crippen molar-refractivity contribution < 1.29 is 19.1 Å². The van der Waals surface area contributed by atoms with Gasteiger partial charge in [0.15, 0.2) is 0 Å². The largest absolute Gasteiger partial charge is 0.457 e. The molecule has 17 heavy (non-hydrogen) atoms. The molecule has 0 saturated carbocycles. The van der Waals surface area contributed by atoms with Gasteiger partial charge in [0.1, 0.15) is 0 Å². The van der Waals surface area contributed by atoms with Crippen LogP contribution in [-0.2, 0) is 14.3 Å². The second-order valence-electron chi connectivity index (χ2n) is 3.91. The Morgan fingerprint density at radius 1 is 1.12 bits per heavy atom. The van der Waals surface area contributed by atoms with Gasteiger partial charge in [-0.2, -0.15) is 4.79 Å². The molecule has 0 atom stereocenters. The number of carbonyl (C=O) groups is 2. The van der Waals surface area contributed by atoms with Gasteiger partial charge in [0, 0.05) is 6.92 Å². The van der Waals surface area contributed by atoms with Crippen molar-refractivity contribution in [3.05, 3.63) is 5.53 Å². The first kappa shape index (κ1) is 15.5. The zero-order valence-electron chi connectivity index (χ0n) is 10.6. The number of carbonyl (C=O) groups excluding carboxylic acids is 2. The molecule has 0 aliphatic rings. The van der Waals surface area contributed by atoms with Crippen LogP contribution < -0.4 is 0 Å². The fraction of sp³-hybridized carbons (Fsp3) is 0.750. The molecule has 5 heteroatoms. The topological polar surface area (TPSA) is 79.8 Å². The van der Waals surface area contributed by atoms with Crippen LogP contribution in [-0.4, -0.2) is 28.9 Å². The van der Waals surface area contributed by atoms with E-state index in [2.05, 4.69) is 11.7 Å². The van der Waals surface area contributed by atoms with Crippen molar-refractivity contribution in [3.8, 4) is 0 Å².